The highest BCUT2D eigenvalue weighted by molar-refractivity contribution is 5.51. The molecule has 0 radical (unpaired) electrons. The topological polar surface area (TPSA) is 60.9 Å². The predicted molar refractivity (Wildman–Crippen MR) is 91.6 cm³/mol. The molecule has 2 aromatic rings. The van der Waals surface area contributed by atoms with Gasteiger partial charge >= 0.3 is 0 Å². The highest BCUT2D eigenvalue weighted by atomic mass is 16.1. The van der Waals surface area contributed by atoms with Crippen molar-refractivity contribution in [1.82, 2.24) is 9.55 Å². The van der Waals surface area contributed by atoms with Gasteiger partial charge in [-0.1, -0.05) is 56.7 Å². The Morgan fingerprint density at radius 3 is 2.82 bits per heavy atom. The molecule has 4 heteroatoms. The number of hydrogen-bond donors (Lipinski definition) is 1. The van der Waals surface area contributed by atoms with Crippen LogP contribution in [0.25, 0.3) is 6.08 Å². The zero-order valence-corrected chi connectivity index (χ0v) is 13.4. The molecule has 22 heavy (non-hydrogen) atoms. The van der Waals surface area contributed by atoms with Gasteiger partial charge in [-0.15, -0.1) is 0 Å². The smallest absolute Gasteiger partial charge is 0.254 e. The van der Waals surface area contributed by atoms with Gasteiger partial charge in [0, 0.05) is 19.5 Å². The van der Waals surface area contributed by atoms with Crippen molar-refractivity contribution in [3.05, 3.63) is 63.6 Å². The van der Waals surface area contributed by atoms with Crippen molar-refractivity contribution in [2.45, 2.75) is 26.7 Å². The zero-order chi connectivity index (χ0) is 16.1. The molecule has 0 saturated heterocycles. The van der Waals surface area contributed by atoms with Crippen LogP contribution in [-0.4, -0.2) is 9.55 Å². The van der Waals surface area contributed by atoms with Gasteiger partial charge in [0.1, 0.15) is 0 Å². The first-order chi connectivity index (χ1) is 10.5. The van der Waals surface area contributed by atoms with Crippen LogP contribution in [0.3, 0.4) is 0 Å². The maximum absolute atomic E-state index is 11.8. The third-order valence-corrected chi connectivity index (χ3v) is 3.82. The van der Waals surface area contributed by atoms with Crippen molar-refractivity contribution < 1.29 is 0 Å². The summed E-state index contributed by atoms with van der Waals surface area (Å²) in [6.45, 7) is 4.38. The number of nitrogens with two attached hydrogens (primary N) is 1. The van der Waals surface area contributed by atoms with Crippen molar-refractivity contribution in [2.24, 2.45) is 13.0 Å². The van der Waals surface area contributed by atoms with Crippen LogP contribution in [0.4, 0.5) is 5.95 Å². The summed E-state index contributed by atoms with van der Waals surface area (Å²) in [5.74, 6) is 0.817. The molecular formula is C18H23N3O. The van der Waals surface area contributed by atoms with Crippen molar-refractivity contribution in [1.29, 1.82) is 0 Å². The van der Waals surface area contributed by atoms with Crippen molar-refractivity contribution >= 4 is 12.0 Å². The van der Waals surface area contributed by atoms with E-state index < -0.39 is 0 Å². The van der Waals surface area contributed by atoms with E-state index in [0.717, 1.165) is 17.5 Å². The van der Waals surface area contributed by atoms with Gasteiger partial charge < -0.3 is 5.73 Å². The molecule has 0 aliphatic rings. The van der Waals surface area contributed by atoms with Crippen LogP contribution < -0.4 is 11.3 Å². The molecule has 0 bridgehead atoms. The first kappa shape index (κ1) is 16.0. The SMILES string of the molecule is CCC(C)/C=C/c1cccc(Cc2cc(=O)n(C)c(N)n2)c1. The lowest BCUT2D eigenvalue weighted by Crippen LogP contribution is -2.21. The Bertz CT molecular complexity index is 731. The number of anilines is 1. The molecule has 0 aliphatic carbocycles. The van der Waals surface area contributed by atoms with E-state index in [9.17, 15) is 4.79 Å². The molecule has 0 saturated carbocycles. The van der Waals surface area contributed by atoms with E-state index in [-0.39, 0.29) is 11.5 Å². The average Bonchev–Trinajstić information content (AvgIpc) is 2.50. The van der Waals surface area contributed by atoms with E-state index in [4.69, 9.17) is 5.73 Å². The Balaban J connectivity index is 2.20. The van der Waals surface area contributed by atoms with Gasteiger partial charge in [0.25, 0.3) is 5.56 Å². The van der Waals surface area contributed by atoms with Crippen LogP contribution in [0.2, 0.25) is 0 Å². The zero-order valence-electron chi connectivity index (χ0n) is 13.4. The summed E-state index contributed by atoms with van der Waals surface area (Å²) in [6.07, 6.45) is 6.09. The van der Waals surface area contributed by atoms with Gasteiger partial charge in [0.2, 0.25) is 5.95 Å². The Morgan fingerprint density at radius 2 is 2.14 bits per heavy atom. The molecule has 1 unspecified atom stereocenters. The lowest BCUT2D eigenvalue weighted by Gasteiger charge is -2.06. The fourth-order valence-electron chi connectivity index (χ4n) is 2.12. The summed E-state index contributed by atoms with van der Waals surface area (Å²) >= 11 is 0. The average molecular weight is 297 g/mol. The van der Waals surface area contributed by atoms with Crippen LogP contribution in [0.5, 0.6) is 0 Å². The summed E-state index contributed by atoms with van der Waals surface area (Å²) in [5, 5.41) is 0. The summed E-state index contributed by atoms with van der Waals surface area (Å²) in [6, 6.07) is 9.80. The standard InChI is InChI=1S/C18H23N3O/c1-4-13(2)8-9-14-6-5-7-15(10-14)11-16-12-17(22)21(3)18(19)20-16/h5-10,12-13H,4,11H2,1-3H3,(H2,19,20)/b9-8+. The molecule has 2 rings (SSSR count). The predicted octanol–water partition coefficient (Wildman–Crippen LogP) is 3.01. The quantitative estimate of drug-likeness (QED) is 0.923. The number of rotatable bonds is 5. The molecule has 1 aromatic carbocycles. The monoisotopic (exact) mass is 297 g/mol. The number of allylic oxidation sites excluding steroid dienone is 1. The summed E-state index contributed by atoms with van der Waals surface area (Å²) in [4.78, 5) is 16.0. The number of nitrogens with zero attached hydrogens (tertiary/aromatic N) is 2. The van der Waals surface area contributed by atoms with E-state index in [1.54, 1.807) is 7.05 Å². The molecule has 0 aliphatic heterocycles. The molecule has 1 atom stereocenters. The highest BCUT2D eigenvalue weighted by Crippen LogP contribution is 2.13. The molecule has 1 aromatic heterocycles. The Labute approximate surface area is 131 Å². The van der Waals surface area contributed by atoms with Crippen LogP contribution in [0.1, 0.15) is 37.1 Å². The normalized spacial score (nSPS) is 12.7. The summed E-state index contributed by atoms with van der Waals surface area (Å²) in [7, 11) is 1.62. The molecule has 1 heterocycles. The third-order valence-electron chi connectivity index (χ3n) is 3.82. The lowest BCUT2D eigenvalue weighted by molar-refractivity contribution is 0.701. The van der Waals surface area contributed by atoms with Crippen LogP contribution in [-0.2, 0) is 13.5 Å². The first-order valence-electron chi connectivity index (χ1n) is 7.59. The van der Waals surface area contributed by atoms with Gasteiger partial charge in [0.15, 0.2) is 0 Å². The second kappa shape index (κ2) is 7.07. The third kappa shape index (κ3) is 4.07. The highest BCUT2D eigenvalue weighted by Gasteiger charge is 2.04. The van der Waals surface area contributed by atoms with Gasteiger partial charge in [-0.2, -0.15) is 0 Å². The second-order valence-electron chi connectivity index (χ2n) is 5.67. The molecule has 4 nitrogen and oxygen atoms in total. The van der Waals surface area contributed by atoms with E-state index in [2.05, 4.69) is 43.1 Å². The number of aromatic nitrogens is 2. The number of benzene rings is 1. The minimum atomic E-state index is -0.129. The number of nitrogen functional groups attached to an aromatic ring is 1. The van der Waals surface area contributed by atoms with Gasteiger partial charge in [-0.25, -0.2) is 4.98 Å². The largest absolute Gasteiger partial charge is 0.369 e. The molecule has 0 amide bonds. The summed E-state index contributed by atoms with van der Waals surface area (Å²) in [5.41, 5.74) is 8.59. The van der Waals surface area contributed by atoms with E-state index >= 15 is 0 Å². The van der Waals surface area contributed by atoms with Crippen molar-refractivity contribution in [3.63, 3.8) is 0 Å². The van der Waals surface area contributed by atoms with Gasteiger partial charge in [0.05, 0.1) is 5.69 Å². The van der Waals surface area contributed by atoms with E-state index in [1.165, 1.54) is 10.6 Å². The first-order valence-corrected chi connectivity index (χ1v) is 7.59. The maximum atomic E-state index is 11.8. The molecule has 0 fully saturated rings. The van der Waals surface area contributed by atoms with Crippen molar-refractivity contribution in [2.75, 3.05) is 5.73 Å². The lowest BCUT2D eigenvalue weighted by atomic mass is 10.0. The fourth-order valence-corrected chi connectivity index (χ4v) is 2.12. The minimum Gasteiger partial charge on any atom is -0.369 e. The van der Waals surface area contributed by atoms with Gasteiger partial charge in [-0.05, 0) is 17.0 Å². The maximum Gasteiger partial charge on any atom is 0.254 e. The number of hydrogen-bond acceptors (Lipinski definition) is 3. The van der Waals surface area contributed by atoms with Crippen molar-refractivity contribution in [3.8, 4) is 0 Å². The summed E-state index contributed by atoms with van der Waals surface area (Å²) < 4.78 is 1.34. The van der Waals surface area contributed by atoms with Crippen LogP contribution in [0.15, 0.2) is 41.2 Å². The Hall–Kier alpha value is -2.36. The van der Waals surface area contributed by atoms with Gasteiger partial charge in [-0.3, -0.25) is 9.36 Å². The van der Waals surface area contributed by atoms with E-state index in [1.807, 2.05) is 12.1 Å². The minimum absolute atomic E-state index is 0.129. The molecule has 116 valence electrons. The second-order valence-corrected chi connectivity index (χ2v) is 5.67. The molecule has 2 N–H and O–H groups in total. The van der Waals surface area contributed by atoms with Crippen LogP contribution >= 0.6 is 0 Å². The van der Waals surface area contributed by atoms with E-state index in [0.29, 0.717) is 18.0 Å². The Kier molecular flexibility index (Phi) is 5.15. The molecule has 0 spiro atoms. The Morgan fingerprint density at radius 1 is 1.36 bits per heavy atom. The molecular weight excluding hydrogens is 274 g/mol. The fraction of sp³-hybridized carbons (Fsp3) is 0.333. The van der Waals surface area contributed by atoms with Crippen LogP contribution in [0, 0.1) is 5.92 Å².